The lowest BCUT2D eigenvalue weighted by molar-refractivity contribution is 0.669. The first kappa shape index (κ1) is 32.4. The van der Waals surface area contributed by atoms with Crippen LogP contribution < -0.4 is 0 Å². The molecule has 0 saturated heterocycles. The summed E-state index contributed by atoms with van der Waals surface area (Å²) >= 11 is 0. The molecule has 5 nitrogen and oxygen atoms in total. The van der Waals surface area contributed by atoms with E-state index in [0.717, 1.165) is 77.2 Å². The predicted molar refractivity (Wildman–Crippen MR) is 238 cm³/mol. The van der Waals surface area contributed by atoms with Gasteiger partial charge in [0, 0.05) is 32.7 Å². The van der Waals surface area contributed by atoms with Crippen molar-refractivity contribution >= 4 is 65.3 Å². The Morgan fingerprint density at radius 1 is 0.362 bits per heavy atom. The van der Waals surface area contributed by atoms with Gasteiger partial charge in [0.05, 0.1) is 22.3 Å². The van der Waals surface area contributed by atoms with Crippen LogP contribution >= 0.6 is 0 Å². The third-order valence-corrected chi connectivity index (χ3v) is 11.4. The number of rotatable bonds is 5. The molecule has 0 saturated carbocycles. The van der Waals surface area contributed by atoms with Gasteiger partial charge in [-0.25, -0.2) is 15.0 Å². The van der Waals surface area contributed by atoms with Gasteiger partial charge in [0.1, 0.15) is 11.2 Å². The first-order valence-electron chi connectivity index (χ1n) is 19.5. The van der Waals surface area contributed by atoms with E-state index in [1.807, 2.05) is 18.2 Å². The van der Waals surface area contributed by atoms with Crippen LogP contribution in [0.1, 0.15) is 0 Å². The molecule has 0 atom stereocenters. The van der Waals surface area contributed by atoms with Gasteiger partial charge in [-0.05, 0) is 69.1 Å². The van der Waals surface area contributed by atoms with Crippen LogP contribution in [0.5, 0.6) is 0 Å². The van der Waals surface area contributed by atoms with E-state index in [-0.39, 0.29) is 0 Å². The molecule has 0 aliphatic carbocycles. The first-order valence-corrected chi connectivity index (χ1v) is 19.5. The fraction of sp³-hybridized carbons (Fsp3) is 0. The van der Waals surface area contributed by atoms with Crippen LogP contribution in [0.3, 0.4) is 0 Å². The molecule has 9 aromatic carbocycles. The molecule has 270 valence electrons. The third-order valence-electron chi connectivity index (χ3n) is 11.4. The van der Waals surface area contributed by atoms with E-state index in [1.54, 1.807) is 0 Å². The van der Waals surface area contributed by atoms with Crippen LogP contribution in [0.25, 0.3) is 116 Å². The Labute approximate surface area is 333 Å². The number of para-hydroxylation sites is 2. The van der Waals surface area contributed by atoms with Gasteiger partial charge in [0.2, 0.25) is 0 Å². The topological polar surface area (TPSA) is 56.7 Å². The Bertz CT molecular complexity index is 3560. The van der Waals surface area contributed by atoms with Crippen molar-refractivity contribution in [3.8, 4) is 51.0 Å². The fourth-order valence-electron chi connectivity index (χ4n) is 8.70. The summed E-state index contributed by atoms with van der Waals surface area (Å²) in [7, 11) is 0. The summed E-state index contributed by atoms with van der Waals surface area (Å²) < 4.78 is 9.24. The Balaban J connectivity index is 1.19. The monoisotopic (exact) mass is 740 g/mol. The zero-order valence-corrected chi connectivity index (χ0v) is 31.2. The maximum absolute atomic E-state index is 6.88. The Hall–Kier alpha value is -7.89. The smallest absolute Gasteiger partial charge is 0.170 e. The number of nitrogens with zero attached hydrogens (tertiary/aromatic N) is 4. The van der Waals surface area contributed by atoms with E-state index < -0.39 is 0 Å². The summed E-state index contributed by atoms with van der Waals surface area (Å²) in [6.45, 7) is 0. The highest BCUT2D eigenvalue weighted by molar-refractivity contribution is 6.16. The summed E-state index contributed by atoms with van der Waals surface area (Å²) in [5.41, 5.74) is 9.56. The molecule has 0 spiro atoms. The minimum absolute atomic E-state index is 0.534. The lowest BCUT2D eigenvalue weighted by Crippen LogP contribution is -2.04. The van der Waals surface area contributed by atoms with Crippen molar-refractivity contribution in [3.63, 3.8) is 0 Å². The summed E-state index contributed by atoms with van der Waals surface area (Å²) in [5, 5.41) is 8.95. The number of benzene rings is 9. The summed E-state index contributed by atoms with van der Waals surface area (Å²) in [6, 6.07) is 68.0. The number of hydrogen-bond donors (Lipinski definition) is 0. The average Bonchev–Trinajstić information content (AvgIpc) is 3.83. The minimum Gasteiger partial charge on any atom is -0.455 e. The molecule has 12 aromatic rings. The van der Waals surface area contributed by atoms with Crippen LogP contribution in [0.15, 0.2) is 199 Å². The van der Waals surface area contributed by atoms with E-state index in [2.05, 4.69) is 180 Å². The SMILES string of the molecule is c1ccc(-c2ccc(-c3nc(-c4cccc5ccccc45)nc(-c4c(-n5c6ccccc6c6cc7ccccc7cc65)ccc5c4oc4ccccc45)n3)cc2)cc1. The lowest BCUT2D eigenvalue weighted by atomic mass is 10.0. The van der Waals surface area contributed by atoms with Gasteiger partial charge in [-0.3, -0.25) is 0 Å². The van der Waals surface area contributed by atoms with E-state index in [0.29, 0.717) is 17.5 Å². The van der Waals surface area contributed by atoms with Gasteiger partial charge in [0.25, 0.3) is 0 Å². The first-order chi connectivity index (χ1) is 28.7. The zero-order chi connectivity index (χ0) is 38.2. The molecule has 0 fully saturated rings. The van der Waals surface area contributed by atoms with Gasteiger partial charge in [-0.2, -0.15) is 0 Å². The predicted octanol–water partition coefficient (Wildman–Crippen LogP) is 13.8. The molecule has 12 rings (SSSR count). The van der Waals surface area contributed by atoms with Crippen molar-refractivity contribution in [3.05, 3.63) is 194 Å². The molecular formula is C53H32N4O. The molecule has 3 aromatic heterocycles. The largest absolute Gasteiger partial charge is 0.455 e. The molecular weight excluding hydrogens is 709 g/mol. The number of aromatic nitrogens is 4. The standard InChI is InChI=1S/C53H32N4O/c1-2-13-33(14-3-1)34-25-27-36(28-26-34)51-54-52(43-22-12-18-35-15-6-7-19-39(35)43)56-53(55-51)49-46(30-29-42-41-21-9-11-24-48(41)58-50(42)49)57-45-23-10-8-20-40(45)44-31-37-16-4-5-17-38(37)32-47(44)57/h1-32H. The Morgan fingerprint density at radius 2 is 0.983 bits per heavy atom. The summed E-state index contributed by atoms with van der Waals surface area (Å²) in [5.74, 6) is 1.71. The second-order valence-corrected chi connectivity index (χ2v) is 14.8. The zero-order valence-electron chi connectivity index (χ0n) is 31.2. The van der Waals surface area contributed by atoms with Crippen molar-refractivity contribution in [1.29, 1.82) is 0 Å². The van der Waals surface area contributed by atoms with Crippen molar-refractivity contribution in [2.45, 2.75) is 0 Å². The molecule has 58 heavy (non-hydrogen) atoms. The maximum atomic E-state index is 6.88. The van der Waals surface area contributed by atoms with Crippen LogP contribution in [0.2, 0.25) is 0 Å². The van der Waals surface area contributed by atoms with E-state index in [4.69, 9.17) is 19.4 Å². The second kappa shape index (κ2) is 12.8. The molecule has 0 N–H and O–H groups in total. The Kier molecular flexibility index (Phi) is 7.16. The maximum Gasteiger partial charge on any atom is 0.170 e. The van der Waals surface area contributed by atoms with Crippen LogP contribution in [-0.2, 0) is 0 Å². The molecule has 0 aliphatic heterocycles. The Morgan fingerprint density at radius 3 is 1.83 bits per heavy atom. The van der Waals surface area contributed by atoms with Crippen LogP contribution in [0.4, 0.5) is 0 Å². The molecule has 3 heterocycles. The third kappa shape index (κ3) is 5.07. The van der Waals surface area contributed by atoms with Gasteiger partial charge in [-0.15, -0.1) is 0 Å². The van der Waals surface area contributed by atoms with Crippen molar-refractivity contribution in [2.75, 3.05) is 0 Å². The number of furan rings is 1. The quantitative estimate of drug-likeness (QED) is 0.176. The fourth-order valence-corrected chi connectivity index (χ4v) is 8.70. The van der Waals surface area contributed by atoms with E-state index >= 15 is 0 Å². The van der Waals surface area contributed by atoms with Gasteiger partial charge in [-0.1, -0.05) is 158 Å². The average molecular weight is 741 g/mol. The lowest BCUT2D eigenvalue weighted by Gasteiger charge is -2.16. The minimum atomic E-state index is 0.534. The molecule has 0 bridgehead atoms. The molecule has 0 unspecified atom stereocenters. The van der Waals surface area contributed by atoms with Crippen molar-refractivity contribution in [1.82, 2.24) is 19.5 Å². The van der Waals surface area contributed by atoms with Crippen LogP contribution in [0, 0.1) is 0 Å². The summed E-state index contributed by atoms with van der Waals surface area (Å²) in [4.78, 5) is 16.0. The molecule has 0 radical (unpaired) electrons. The molecule has 0 amide bonds. The van der Waals surface area contributed by atoms with Gasteiger partial charge in [0.15, 0.2) is 17.5 Å². The van der Waals surface area contributed by atoms with Crippen molar-refractivity contribution in [2.24, 2.45) is 0 Å². The molecule has 5 heteroatoms. The highest BCUT2D eigenvalue weighted by atomic mass is 16.3. The second-order valence-electron chi connectivity index (χ2n) is 14.8. The van der Waals surface area contributed by atoms with E-state index in [9.17, 15) is 0 Å². The number of fused-ring (bicyclic) bond motifs is 8. The van der Waals surface area contributed by atoms with E-state index in [1.165, 1.54) is 21.5 Å². The summed E-state index contributed by atoms with van der Waals surface area (Å²) in [6.07, 6.45) is 0. The molecule has 0 aliphatic rings. The van der Waals surface area contributed by atoms with Gasteiger partial charge >= 0.3 is 0 Å². The van der Waals surface area contributed by atoms with Crippen LogP contribution in [-0.4, -0.2) is 19.5 Å². The van der Waals surface area contributed by atoms with Gasteiger partial charge < -0.3 is 8.98 Å². The van der Waals surface area contributed by atoms with Crippen molar-refractivity contribution < 1.29 is 4.42 Å². The normalized spacial score (nSPS) is 11.8. The highest BCUT2D eigenvalue weighted by Gasteiger charge is 2.25. The number of hydrogen-bond acceptors (Lipinski definition) is 4. The highest BCUT2D eigenvalue weighted by Crippen LogP contribution is 2.43.